The van der Waals surface area contributed by atoms with Crippen LogP contribution in [0, 0.1) is 11.8 Å². The third-order valence-corrected chi connectivity index (χ3v) is 3.60. The molecule has 1 nitrogen and oxygen atoms in total. The summed E-state index contributed by atoms with van der Waals surface area (Å²) >= 11 is 0. The monoisotopic (exact) mass is 211 g/mol. The Bertz CT molecular complexity index is 165. The van der Waals surface area contributed by atoms with Crippen LogP contribution in [-0.2, 0) is 0 Å². The van der Waals surface area contributed by atoms with Gasteiger partial charge < -0.3 is 5.32 Å². The highest BCUT2D eigenvalue weighted by Gasteiger charge is 2.17. The van der Waals surface area contributed by atoms with Crippen LogP contribution in [0.5, 0.6) is 0 Å². The second kappa shape index (κ2) is 6.52. The SMILES string of the molecule is CC(C)CC(C)NC1CCCC(C)CC1. The molecule has 90 valence electrons. The minimum Gasteiger partial charge on any atom is -0.311 e. The minimum absolute atomic E-state index is 0.698. The molecule has 0 aromatic carbocycles. The van der Waals surface area contributed by atoms with Crippen LogP contribution in [0.25, 0.3) is 0 Å². The summed E-state index contributed by atoms with van der Waals surface area (Å²) in [4.78, 5) is 0. The highest BCUT2D eigenvalue weighted by atomic mass is 14.9. The fourth-order valence-corrected chi connectivity index (χ4v) is 2.83. The van der Waals surface area contributed by atoms with Crippen molar-refractivity contribution >= 4 is 0 Å². The molecule has 0 spiro atoms. The molecule has 0 aromatic heterocycles. The minimum atomic E-state index is 0.698. The average molecular weight is 211 g/mol. The molecule has 0 radical (unpaired) electrons. The van der Waals surface area contributed by atoms with E-state index in [2.05, 4.69) is 33.0 Å². The Labute approximate surface area is 96.0 Å². The van der Waals surface area contributed by atoms with E-state index < -0.39 is 0 Å². The van der Waals surface area contributed by atoms with Crippen LogP contribution in [0.2, 0.25) is 0 Å². The fraction of sp³-hybridized carbons (Fsp3) is 1.00. The lowest BCUT2D eigenvalue weighted by Gasteiger charge is -2.23. The van der Waals surface area contributed by atoms with Gasteiger partial charge >= 0.3 is 0 Å². The summed E-state index contributed by atoms with van der Waals surface area (Å²) in [7, 11) is 0. The Morgan fingerprint density at radius 2 is 1.80 bits per heavy atom. The lowest BCUT2D eigenvalue weighted by molar-refractivity contribution is 0.363. The first-order valence-electron chi connectivity index (χ1n) is 6.84. The predicted molar refractivity (Wildman–Crippen MR) is 68.1 cm³/mol. The maximum atomic E-state index is 3.81. The molecule has 1 fully saturated rings. The molecule has 0 aliphatic heterocycles. The number of nitrogens with one attached hydrogen (secondary N) is 1. The molecule has 1 aliphatic rings. The molecule has 1 aliphatic carbocycles. The lowest BCUT2D eigenvalue weighted by Crippen LogP contribution is -2.36. The van der Waals surface area contributed by atoms with Crippen molar-refractivity contribution in [3.63, 3.8) is 0 Å². The maximum absolute atomic E-state index is 3.81. The molecule has 15 heavy (non-hydrogen) atoms. The first-order chi connectivity index (χ1) is 7.08. The summed E-state index contributed by atoms with van der Waals surface area (Å²) < 4.78 is 0. The van der Waals surface area contributed by atoms with Crippen LogP contribution in [-0.4, -0.2) is 12.1 Å². The molecule has 1 N–H and O–H groups in total. The molecule has 1 saturated carbocycles. The van der Waals surface area contributed by atoms with E-state index in [9.17, 15) is 0 Å². The molecular weight excluding hydrogens is 182 g/mol. The van der Waals surface area contributed by atoms with Crippen molar-refractivity contribution in [2.45, 2.75) is 78.3 Å². The fourth-order valence-electron chi connectivity index (χ4n) is 2.83. The van der Waals surface area contributed by atoms with E-state index in [1.165, 1.54) is 38.5 Å². The van der Waals surface area contributed by atoms with E-state index in [0.29, 0.717) is 6.04 Å². The standard InChI is InChI=1S/C14H29N/c1-11(2)10-13(4)15-14-7-5-6-12(3)8-9-14/h11-15H,5-10H2,1-4H3. The number of hydrogen-bond donors (Lipinski definition) is 1. The Kier molecular flexibility index (Phi) is 5.66. The van der Waals surface area contributed by atoms with Crippen molar-refractivity contribution in [3.8, 4) is 0 Å². The molecule has 3 unspecified atom stereocenters. The van der Waals surface area contributed by atoms with Gasteiger partial charge in [0.2, 0.25) is 0 Å². The molecule has 3 atom stereocenters. The zero-order valence-electron chi connectivity index (χ0n) is 11.1. The summed E-state index contributed by atoms with van der Waals surface area (Å²) in [6, 6.07) is 1.49. The second-order valence-corrected chi connectivity index (χ2v) is 6.01. The highest BCUT2D eigenvalue weighted by Crippen LogP contribution is 2.23. The van der Waals surface area contributed by atoms with Crippen molar-refractivity contribution < 1.29 is 0 Å². The first-order valence-corrected chi connectivity index (χ1v) is 6.84. The van der Waals surface area contributed by atoms with E-state index in [4.69, 9.17) is 0 Å². The smallest absolute Gasteiger partial charge is 0.00696 e. The Morgan fingerprint density at radius 3 is 2.47 bits per heavy atom. The molecule has 0 saturated heterocycles. The lowest BCUT2D eigenvalue weighted by atomic mass is 10.0. The number of rotatable bonds is 4. The van der Waals surface area contributed by atoms with E-state index in [0.717, 1.165) is 17.9 Å². The van der Waals surface area contributed by atoms with Crippen LogP contribution in [0.15, 0.2) is 0 Å². The van der Waals surface area contributed by atoms with Crippen LogP contribution < -0.4 is 5.32 Å². The summed E-state index contributed by atoms with van der Waals surface area (Å²) in [5.74, 6) is 1.77. The summed E-state index contributed by atoms with van der Waals surface area (Å²) in [5.41, 5.74) is 0. The molecular formula is C14H29N. The van der Waals surface area contributed by atoms with Crippen molar-refractivity contribution in [1.82, 2.24) is 5.32 Å². The summed E-state index contributed by atoms with van der Waals surface area (Å²) in [6.45, 7) is 9.37. The van der Waals surface area contributed by atoms with Crippen molar-refractivity contribution in [2.75, 3.05) is 0 Å². The highest BCUT2D eigenvalue weighted by molar-refractivity contribution is 4.76. The first kappa shape index (κ1) is 13.0. The van der Waals surface area contributed by atoms with Gasteiger partial charge in [-0.3, -0.25) is 0 Å². The van der Waals surface area contributed by atoms with Gasteiger partial charge in [0.1, 0.15) is 0 Å². The molecule has 1 rings (SSSR count). The largest absolute Gasteiger partial charge is 0.311 e. The molecule has 0 bridgehead atoms. The topological polar surface area (TPSA) is 12.0 Å². The van der Waals surface area contributed by atoms with E-state index >= 15 is 0 Å². The summed E-state index contributed by atoms with van der Waals surface area (Å²) in [6.07, 6.45) is 8.39. The Hall–Kier alpha value is -0.0400. The molecule has 0 aromatic rings. The Balaban J connectivity index is 2.24. The van der Waals surface area contributed by atoms with Crippen LogP contribution in [0.1, 0.15) is 66.2 Å². The van der Waals surface area contributed by atoms with E-state index in [1.54, 1.807) is 0 Å². The van der Waals surface area contributed by atoms with Gasteiger partial charge in [-0.2, -0.15) is 0 Å². The van der Waals surface area contributed by atoms with Crippen molar-refractivity contribution in [3.05, 3.63) is 0 Å². The van der Waals surface area contributed by atoms with Gasteiger partial charge in [-0.15, -0.1) is 0 Å². The van der Waals surface area contributed by atoms with Gasteiger partial charge in [-0.05, 0) is 44.4 Å². The van der Waals surface area contributed by atoms with Gasteiger partial charge in [0.25, 0.3) is 0 Å². The Morgan fingerprint density at radius 1 is 1.07 bits per heavy atom. The van der Waals surface area contributed by atoms with Crippen LogP contribution >= 0.6 is 0 Å². The van der Waals surface area contributed by atoms with Crippen molar-refractivity contribution in [1.29, 1.82) is 0 Å². The van der Waals surface area contributed by atoms with Gasteiger partial charge in [0.05, 0.1) is 0 Å². The normalized spacial score (nSPS) is 30.2. The van der Waals surface area contributed by atoms with Gasteiger partial charge in [0, 0.05) is 12.1 Å². The van der Waals surface area contributed by atoms with Gasteiger partial charge in [-0.1, -0.05) is 33.6 Å². The zero-order valence-corrected chi connectivity index (χ0v) is 11.1. The number of hydrogen-bond acceptors (Lipinski definition) is 1. The summed E-state index contributed by atoms with van der Waals surface area (Å²) in [5, 5.41) is 3.81. The van der Waals surface area contributed by atoms with Gasteiger partial charge in [0.15, 0.2) is 0 Å². The molecule has 0 amide bonds. The zero-order chi connectivity index (χ0) is 11.3. The third-order valence-electron chi connectivity index (χ3n) is 3.60. The molecule has 1 heteroatoms. The second-order valence-electron chi connectivity index (χ2n) is 6.01. The van der Waals surface area contributed by atoms with E-state index in [-0.39, 0.29) is 0 Å². The maximum Gasteiger partial charge on any atom is 0.00696 e. The van der Waals surface area contributed by atoms with E-state index in [1.807, 2.05) is 0 Å². The van der Waals surface area contributed by atoms with Crippen LogP contribution in [0.3, 0.4) is 0 Å². The predicted octanol–water partition coefficient (Wildman–Crippen LogP) is 3.98. The van der Waals surface area contributed by atoms with Gasteiger partial charge in [-0.25, -0.2) is 0 Å². The quantitative estimate of drug-likeness (QED) is 0.694. The van der Waals surface area contributed by atoms with Crippen molar-refractivity contribution in [2.24, 2.45) is 11.8 Å². The molecule has 0 heterocycles. The third kappa shape index (κ3) is 5.55. The average Bonchev–Trinajstić information content (AvgIpc) is 2.29. The van der Waals surface area contributed by atoms with Crippen LogP contribution in [0.4, 0.5) is 0 Å².